The zero-order valence-electron chi connectivity index (χ0n) is 19.4. The standard InChI is InChI=1S/C24H35N3O3S/c1-14(2)21-25-22(20-15(3)16(4)31-23(20)26-21)30-19-10-7-11-27(13-19)24(28)17-8-6-9-18(12-17)29-5/h14,17-19H,6-13H2,1-5H3/t17-,18+,19+/m0/s1. The molecule has 2 aliphatic rings. The SMILES string of the molecule is CO[C@@H]1CCC[C@H](C(=O)N2CCC[C@@H](Oc3nc(C(C)C)nc4sc(C)c(C)c34)C2)C1. The summed E-state index contributed by atoms with van der Waals surface area (Å²) in [7, 11) is 1.75. The van der Waals surface area contributed by atoms with E-state index in [1.807, 2.05) is 4.90 Å². The Morgan fingerprint density at radius 2 is 1.90 bits per heavy atom. The van der Waals surface area contributed by atoms with E-state index in [1.165, 1.54) is 10.4 Å². The van der Waals surface area contributed by atoms with Crippen molar-refractivity contribution in [1.82, 2.24) is 14.9 Å². The number of amides is 1. The Morgan fingerprint density at radius 3 is 2.65 bits per heavy atom. The van der Waals surface area contributed by atoms with Crippen molar-refractivity contribution in [2.24, 2.45) is 5.92 Å². The van der Waals surface area contributed by atoms with Crippen LogP contribution in [0, 0.1) is 19.8 Å². The molecule has 1 saturated carbocycles. The molecule has 3 heterocycles. The number of rotatable bonds is 5. The van der Waals surface area contributed by atoms with Crippen LogP contribution in [0.3, 0.4) is 0 Å². The number of ether oxygens (including phenoxy) is 2. The lowest BCUT2D eigenvalue weighted by molar-refractivity contribution is -0.140. The summed E-state index contributed by atoms with van der Waals surface area (Å²) in [6.07, 6.45) is 6.03. The number of methoxy groups -OCH3 is 1. The number of hydrogen-bond acceptors (Lipinski definition) is 6. The molecule has 0 aromatic carbocycles. The van der Waals surface area contributed by atoms with Gasteiger partial charge in [-0.1, -0.05) is 20.3 Å². The van der Waals surface area contributed by atoms with Crippen molar-refractivity contribution in [3.05, 3.63) is 16.3 Å². The predicted molar refractivity (Wildman–Crippen MR) is 124 cm³/mol. The number of likely N-dealkylation sites (tertiary alicyclic amines) is 1. The number of thiophene rings is 1. The lowest BCUT2D eigenvalue weighted by Crippen LogP contribution is -2.47. The number of hydrogen-bond donors (Lipinski definition) is 0. The highest BCUT2D eigenvalue weighted by Crippen LogP contribution is 2.36. The molecule has 170 valence electrons. The molecule has 31 heavy (non-hydrogen) atoms. The first-order chi connectivity index (χ1) is 14.9. The quantitative estimate of drug-likeness (QED) is 0.647. The van der Waals surface area contributed by atoms with Gasteiger partial charge in [0.15, 0.2) is 0 Å². The molecule has 0 bridgehead atoms. The maximum Gasteiger partial charge on any atom is 0.226 e. The number of aromatic nitrogens is 2. The van der Waals surface area contributed by atoms with Crippen molar-refractivity contribution >= 4 is 27.5 Å². The van der Waals surface area contributed by atoms with E-state index in [1.54, 1.807) is 18.4 Å². The van der Waals surface area contributed by atoms with E-state index in [0.29, 0.717) is 12.4 Å². The highest BCUT2D eigenvalue weighted by molar-refractivity contribution is 7.18. The number of piperidine rings is 1. The molecule has 4 rings (SSSR count). The van der Waals surface area contributed by atoms with Crippen LogP contribution in [-0.2, 0) is 9.53 Å². The van der Waals surface area contributed by atoms with Crippen LogP contribution in [0.5, 0.6) is 5.88 Å². The van der Waals surface area contributed by atoms with Gasteiger partial charge in [0, 0.05) is 30.4 Å². The molecule has 7 heteroatoms. The topological polar surface area (TPSA) is 64.5 Å². The summed E-state index contributed by atoms with van der Waals surface area (Å²) < 4.78 is 12.0. The summed E-state index contributed by atoms with van der Waals surface area (Å²) in [5.41, 5.74) is 1.20. The Hall–Kier alpha value is -1.73. The Kier molecular flexibility index (Phi) is 6.82. The molecule has 0 N–H and O–H groups in total. The predicted octanol–water partition coefficient (Wildman–Crippen LogP) is 5.01. The molecule has 1 saturated heterocycles. The Morgan fingerprint density at radius 1 is 1.13 bits per heavy atom. The Bertz CT molecular complexity index is 942. The van der Waals surface area contributed by atoms with Crippen LogP contribution in [-0.4, -0.2) is 53.2 Å². The van der Waals surface area contributed by atoms with Gasteiger partial charge >= 0.3 is 0 Å². The summed E-state index contributed by atoms with van der Waals surface area (Å²) >= 11 is 1.71. The normalized spacial score (nSPS) is 24.7. The largest absolute Gasteiger partial charge is 0.472 e. The van der Waals surface area contributed by atoms with Crippen molar-refractivity contribution in [3.63, 3.8) is 0 Å². The Labute approximate surface area is 189 Å². The van der Waals surface area contributed by atoms with Crippen molar-refractivity contribution in [1.29, 1.82) is 0 Å². The Balaban J connectivity index is 1.52. The van der Waals surface area contributed by atoms with Crippen LogP contribution in [0.25, 0.3) is 10.2 Å². The molecule has 1 aliphatic heterocycles. The summed E-state index contributed by atoms with van der Waals surface area (Å²) in [6, 6.07) is 0. The van der Waals surface area contributed by atoms with Crippen LogP contribution in [0.2, 0.25) is 0 Å². The van der Waals surface area contributed by atoms with E-state index in [9.17, 15) is 4.79 Å². The smallest absolute Gasteiger partial charge is 0.226 e. The van der Waals surface area contributed by atoms with E-state index in [2.05, 4.69) is 27.7 Å². The average Bonchev–Trinajstić information content (AvgIpc) is 3.07. The lowest BCUT2D eigenvalue weighted by Gasteiger charge is -2.37. The second-order valence-corrected chi connectivity index (χ2v) is 10.6. The highest BCUT2D eigenvalue weighted by Gasteiger charge is 2.33. The first-order valence-corrected chi connectivity index (χ1v) is 12.4. The van der Waals surface area contributed by atoms with Crippen LogP contribution < -0.4 is 4.74 Å². The maximum atomic E-state index is 13.2. The van der Waals surface area contributed by atoms with Crippen molar-refractivity contribution in [2.45, 2.75) is 84.3 Å². The maximum absolute atomic E-state index is 13.2. The van der Waals surface area contributed by atoms with Gasteiger partial charge in [-0.15, -0.1) is 11.3 Å². The van der Waals surface area contributed by atoms with Crippen LogP contribution in [0.15, 0.2) is 0 Å². The van der Waals surface area contributed by atoms with E-state index < -0.39 is 0 Å². The molecule has 3 atom stereocenters. The fraction of sp³-hybridized carbons (Fsp3) is 0.708. The third-order valence-corrected chi connectivity index (χ3v) is 7.91. The fourth-order valence-electron chi connectivity index (χ4n) is 4.81. The number of aryl methyl sites for hydroxylation is 2. The van der Waals surface area contributed by atoms with Gasteiger partial charge in [-0.2, -0.15) is 4.98 Å². The van der Waals surface area contributed by atoms with Crippen molar-refractivity contribution in [3.8, 4) is 5.88 Å². The summed E-state index contributed by atoms with van der Waals surface area (Å²) in [4.78, 5) is 27.1. The van der Waals surface area contributed by atoms with Gasteiger partial charge in [0.1, 0.15) is 16.8 Å². The summed E-state index contributed by atoms with van der Waals surface area (Å²) in [6.45, 7) is 9.91. The summed E-state index contributed by atoms with van der Waals surface area (Å²) in [5.74, 6) is 2.09. The number of nitrogens with zero attached hydrogens (tertiary/aromatic N) is 3. The van der Waals surface area contributed by atoms with Gasteiger partial charge in [0.25, 0.3) is 0 Å². The molecule has 2 aromatic rings. The van der Waals surface area contributed by atoms with Gasteiger partial charge in [-0.3, -0.25) is 4.79 Å². The van der Waals surface area contributed by atoms with E-state index in [-0.39, 0.29) is 30.0 Å². The minimum Gasteiger partial charge on any atom is -0.472 e. The molecule has 1 aliphatic carbocycles. The molecular weight excluding hydrogens is 410 g/mol. The van der Waals surface area contributed by atoms with Gasteiger partial charge in [-0.25, -0.2) is 4.98 Å². The average molecular weight is 446 g/mol. The molecule has 6 nitrogen and oxygen atoms in total. The van der Waals surface area contributed by atoms with Crippen molar-refractivity contribution in [2.75, 3.05) is 20.2 Å². The molecular formula is C24H35N3O3S. The zero-order chi connectivity index (χ0) is 22.1. The highest BCUT2D eigenvalue weighted by atomic mass is 32.1. The number of carbonyl (C=O) groups excluding carboxylic acids is 1. The van der Waals surface area contributed by atoms with E-state index in [0.717, 1.165) is 61.1 Å². The third-order valence-electron chi connectivity index (χ3n) is 6.81. The molecule has 0 spiro atoms. The van der Waals surface area contributed by atoms with Gasteiger partial charge in [0.2, 0.25) is 11.8 Å². The zero-order valence-corrected chi connectivity index (χ0v) is 20.3. The van der Waals surface area contributed by atoms with Crippen LogP contribution in [0.1, 0.15) is 74.6 Å². The van der Waals surface area contributed by atoms with Crippen LogP contribution in [0.4, 0.5) is 0 Å². The van der Waals surface area contributed by atoms with Crippen molar-refractivity contribution < 1.29 is 14.3 Å². The second kappa shape index (κ2) is 9.41. The monoisotopic (exact) mass is 445 g/mol. The van der Waals surface area contributed by atoms with Crippen LogP contribution >= 0.6 is 11.3 Å². The van der Waals surface area contributed by atoms with Gasteiger partial charge in [0.05, 0.1) is 18.0 Å². The minimum absolute atomic E-state index is 0.0303. The summed E-state index contributed by atoms with van der Waals surface area (Å²) in [5, 5.41) is 1.03. The first kappa shape index (κ1) is 22.5. The molecule has 2 fully saturated rings. The minimum atomic E-state index is -0.0303. The van der Waals surface area contributed by atoms with Gasteiger partial charge in [-0.05, 0) is 51.5 Å². The van der Waals surface area contributed by atoms with Gasteiger partial charge < -0.3 is 14.4 Å². The number of fused-ring (bicyclic) bond motifs is 1. The third kappa shape index (κ3) is 4.72. The molecule has 1 amide bonds. The fourth-order valence-corrected chi connectivity index (χ4v) is 5.83. The molecule has 0 unspecified atom stereocenters. The number of carbonyl (C=O) groups is 1. The first-order valence-electron chi connectivity index (χ1n) is 11.6. The lowest BCUT2D eigenvalue weighted by atomic mass is 9.86. The molecule has 0 radical (unpaired) electrons. The second-order valence-electron chi connectivity index (χ2n) is 9.39. The van der Waals surface area contributed by atoms with E-state index >= 15 is 0 Å². The van der Waals surface area contributed by atoms with E-state index in [4.69, 9.17) is 19.4 Å². The molecule has 2 aromatic heterocycles.